The molecular weight excluding hydrogens is 900 g/mol. The van der Waals surface area contributed by atoms with Gasteiger partial charge in [-0.1, -0.05) is 66.7 Å². The van der Waals surface area contributed by atoms with Crippen LogP contribution in [0.3, 0.4) is 0 Å². The molecule has 0 bridgehead atoms. The first-order valence-corrected chi connectivity index (χ1v) is 21.9. The summed E-state index contributed by atoms with van der Waals surface area (Å²) >= 11 is 1.17. The molecule has 61 heavy (non-hydrogen) atoms. The predicted octanol–water partition coefficient (Wildman–Crippen LogP) is 9.47. The van der Waals surface area contributed by atoms with Crippen LogP contribution in [0.15, 0.2) is 83.1 Å². The van der Waals surface area contributed by atoms with Gasteiger partial charge in [-0.05, 0) is 160 Å². The van der Waals surface area contributed by atoms with Gasteiger partial charge in [0.15, 0.2) is 5.92 Å². The number of carboxylic acid groups (broad SMARTS) is 1. The molecule has 1 aromatic heterocycles. The minimum absolute atomic E-state index is 0. The maximum atomic E-state index is 13.6. The Morgan fingerprint density at radius 2 is 1.10 bits per heavy atom. The third-order valence-electron chi connectivity index (χ3n) is 11.9. The molecule has 0 saturated heterocycles. The summed E-state index contributed by atoms with van der Waals surface area (Å²) in [5.41, 5.74) is 21.7. The number of ether oxygens (including phenoxy) is 1. The van der Waals surface area contributed by atoms with Gasteiger partial charge in [-0.2, -0.15) is 0 Å². The molecule has 0 aliphatic heterocycles. The maximum Gasteiger partial charge on any atom is 0.320 e. The van der Waals surface area contributed by atoms with Gasteiger partial charge in [-0.25, -0.2) is 13.1 Å². The molecule has 2 unspecified atom stereocenters. The number of sulfonamides is 1. The number of thiophene rings is 1. The van der Waals surface area contributed by atoms with Crippen LogP contribution < -0.4 is 10.5 Å². The molecule has 0 saturated carbocycles. The fraction of sp³-hybridized carbons (Fsp3) is 0.362. The zero-order chi connectivity index (χ0) is 45.2. The fourth-order valence-electron chi connectivity index (χ4n) is 7.25. The van der Waals surface area contributed by atoms with Gasteiger partial charge < -0.3 is 15.6 Å². The van der Waals surface area contributed by atoms with Crippen LogP contribution in [0.25, 0.3) is 0 Å². The van der Waals surface area contributed by atoms with Crippen LogP contribution in [0, 0.1) is 92.2 Å². The van der Waals surface area contributed by atoms with Crippen LogP contribution >= 0.6 is 11.3 Å². The number of esters is 1. The minimum Gasteiger partial charge on any atom is -0.481 e. The third kappa shape index (κ3) is 12.7. The first kappa shape index (κ1) is 52.6. The first-order chi connectivity index (χ1) is 28.1. The van der Waals surface area contributed by atoms with E-state index in [0.717, 1.165) is 46.1 Å². The number of benzene rings is 4. The van der Waals surface area contributed by atoms with Crippen molar-refractivity contribution >= 4 is 33.3 Å². The van der Waals surface area contributed by atoms with Crippen molar-refractivity contribution in [1.82, 2.24) is 4.72 Å². The number of nitrogens with two attached hydrogens (primary N) is 1. The van der Waals surface area contributed by atoms with Crippen molar-refractivity contribution in [2.24, 2.45) is 11.7 Å². The molecule has 11 nitrogen and oxygen atoms in total. The molecule has 0 radical (unpaired) electrons. The minimum atomic E-state index is -3.81. The quantitative estimate of drug-likeness (QED) is 0.0361. The predicted molar refractivity (Wildman–Crippen MR) is 240 cm³/mol. The van der Waals surface area contributed by atoms with E-state index >= 15 is 0 Å². The van der Waals surface area contributed by atoms with Gasteiger partial charge >= 0.3 is 11.9 Å². The molecule has 0 spiro atoms. The van der Waals surface area contributed by atoms with Gasteiger partial charge in [-0.3, -0.25) is 19.7 Å². The molecule has 0 aliphatic carbocycles. The Balaban J connectivity index is 0.000000350. The standard InChI is InChI=1S/C25H30N2O2S.C12H18.C10H11NO6S.Ru/c1-16-17(2)19(4)25(20(5)18(16)3)30(28,29)27-24(22-14-10-7-11-15-22)23(26)21-12-8-6-9-13-21;1-7-8(2)10(4)12(6)11(5)9(7)3;1-17-10(14)8(9(12)13)6(5-11(15)16)7-3-2-4-18-7;/h6-15,23-24,27H,26H2,1-5H3;1-6H3;2-4,6,8H,5H2,1H3,(H,12,13);/t23-,24-;;;/m0.../s1. The number of carboxylic acids is 1. The number of methoxy groups -OCH3 is 1. The van der Waals surface area contributed by atoms with E-state index in [-0.39, 0.29) is 19.5 Å². The molecule has 14 heteroatoms. The largest absolute Gasteiger partial charge is 0.481 e. The summed E-state index contributed by atoms with van der Waals surface area (Å²) in [5.74, 6) is -5.01. The Bertz CT molecular complexity index is 2270. The average Bonchev–Trinajstić information content (AvgIpc) is 3.77. The number of nitrogens with one attached hydrogen (secondary N) is 1. The van der Waals surface area contributed by atoms with Gasteiger partial charge in [-0.15, -0.1) is 11.3 Å². The van der Waals surface area contributed by atoms with Gasteiger partial charge in [0.2, 0.25) is 16.6 Å². The molecule has 4 atom stereocenters. The van der Waals surface area contributed by atoms with Crippen LogP contribution in [0.4, 0.5) is 0 Å². The fourth-order valence-corrected chi connectivity index (χ4v) is 9.95. The van der Waals surface area contributed by atoms with Crippen molar-refractivity contribution in [3.05, 3.63) is 165 Å². The SMILES string of the molecule is COC(=O)C(C(=O)O)C(C[N+](=O)[O-])c1cccs1.Cc1c(C)c(C)c(C)c(C)c1C.Cc1c(C)c(C)c(S(=O)(=O)N[C@@H](c2ccccc2)[C@@H](N)c2ccccc2)c(C)c1C.[Ru]. The zero-order valence-corrected chi connectivity index (χ0v) is 40.4. The second-order valence-corrected chi connectivity index (χ2v) is 17.8. The molecule has 5 aromatic rings. The Kier molecular flexibility index (Phi) is 19.8. The number of rotatable bonds is 12. The molecular formula is C47H59N3O8RuS2. The molecule has 330 valence electrons. The van der Waals surface area contributed by atoms with E-state index in [1.807, 2.05) is 95.3 Å². The summed E-state index contributed by atoms with van der Waals surface area (Å²) in [6, 6.07) is 21.2. The van der Waals surface area contributed by atoms with Crippen LogP contribution in [-0.4, -0.2) is 44.0 Å². The van der Waals surface area contributed by atoms with Crippen LogP contribution in [0.5, 0.6) is 0 Å². The molecule has 5 rings (SSSR count). The Morgan fingerprint density at radius 1 is 0.705 bits per heavy atom. The molecule has 1 heterocycles. The van der Waals surface area contributed by atoms with E-state index < -0.39 is 57.3 Å². The molecule has 0 amide bonds. The topological polar surface area (TPSA) is 179 Å². The van der Waals surface area contributed by atoms with Crippen molar-refractivity contribution in [1.29, 1.82) is 0 Å². The summed E-state index contributed by atoms with van der Waals surface area (Å²) < 4.78 is 34.6. The van der Waals surface area contributed by atoms with Crippen LogP contribution in [-0.2, 0) is 43.8 Å². The van der Waals surface area contributed by atoms with Crippen LogP contribution in [0.1, 0.15) is 95.2 Å². The van der Waals surface area contributed by atoms with Crippen molar-refractivity contribution in [3.8, 4) is 0 Å². The number of carbonyl (C=O) groups excluding carboxylic acids is 1. The van der Waals surface area contributed by atoms with Gasteiger partial charge in [0.05, 0.1) is 30.0 Å². The van der Waals surface area contributed by atoms with E-state index in [2.05, 4.69) is 51.0 Å². The Labute approximate surface area is 378 Å². The second kappa shape index (κ2) is 23.0. The molecule has 0 aliphatic rings. The Hall–Kier alpha value is -4.59. The van der Waals surface area contributed by atoms with Crippen molar-refractivity contribution < 1.29 is 52.3 Å². The third-order valence-corrected chi connectivity index (χ3v) is 14.7. The van der Waals surface area contributed by atoms with E-state index in [9.17, 15) is 28.1 Å². The number of nitrogens with zero attached hydrogens (tertiary/aromatic N) is 1. The van der Waals surface area contributed by atoms with Crippen molar-refractivity contribution in [2.45, 2.75) is 99.1 Å². The second-order valence-electron chi connectivity index (χ2n) is 15.1. The number of carbonyl (C=O) groups is 2. The summed E-state index contributed by atoms with van der Waals surface area (Å²) in [6.45, 7) is 22.4. The zero-order valence-electron chi connectivity index (χ0n) is 37.0. The number of hydrogen-bond acceptors (Lipinski definition) is 9. The molecule has 0 fully saturated rings. The summed E-state index contributed by atoms with van der Waals surface area (Å²) in [5, 5.41) is 21.3. The number of aliphatic carboxylic acids is 1. The van der Waals surface area contributed by atoms with E-state index in [1.165, 1.54) is 44.7 Å². The van der Waals surface area contributed by atoms with Gasteiger partial charge in [0, 0.05) is 29.3 Å². The Morgan fingerprint density at radius 3 is 1.44 bits per heavy atom. The maximum absolute atomic E-state index is 13.6. The monoisotopic (exact) mass is 959 g/mol. The summed E-state index contributed by atoms with van der Waals surface area (Å²) in [4.78, 5) is 33.3. The van der Waals surface area contributed by atoms with E-state index in [4.69, 9.17) is 10.8 Å². The average molecular weight is 959 g/mol. The van der Waals surface area contributed by atoms with E-state index in [0.29, 0.717) is 9.77 Å². The van der Waals surface area contributed by atoms with Gasteiger partial charge in [0.1, 0.15) is 0 Å². The van der Waals surface area contributed by atoms with Crippen molar-refractivity contribution in [2.75, 3.05) is 13.7 Å². The number of hydrogen-bond donors (Lipinski definition) is 3. The van der Waals surface area contributed by atoms with Crippen LogP contribution in [0.2, 0.25) is 0 Å². The summed E-state index contributed by atoms with van der Waals surface area (Å²) in [7, 11) is -2.76. The first-order valence-electron chi connectivity index (χ1n) is 19.5. The molecule has 4 N–H and O–H groups in total. The number of nitro groups is 1. The normalized spacial score (nSPS) is 12.9. The van der Waals surface area contributed by atoms with Gasteiger partial charge in [0.25, 0.3) is 0 Å². The smallest absolute Gasteiger partial charge is 0.320 e. The summed E-state index contributed by atoms with van der Waals surface area (Å²) in [6.07, 6.45) is 0. The van der Waals surface area contributed by atoms with E-state index in [1.54, 1.807) is 17.5 Å². The molecule has 4 aromatic carbocycles. The van der Waals surface area contributed by atoms with Crippen molar-refractivity contribution in [3.63, 3.8) is 0 Å².